The summed E-state index contributed by atoms with van der Waals surface area (Å²) in [6.07, 6.45) is 52.1. The van der Waals surface area contributed by atoms with Gasteiger partial charge in [-0.15, -0.1) is 68.0 Å². The van der Waals surface area contributed by atoms with Crippen LogP contribution in [0.15, 0.2) is 108 Å². The van der Waals surface area contributed by atoms with Crippen molar-refractivity contribution in [1.29, 1.82) is 0 Å². The molecule has 8 heterocycles. The summed E-state index contributed by atoms with van der Waals surface area (Å²) < 4.78 is 0. The van der Waals surface area contributed by atoms with Crippen LogP contribution in [0.4, 0.5) is 11.4 Å². The Morgan fingerprint density at radius 1 is 0.281 bits per heavy atom. The number of carbonyl (C=O) groups is 2. The molecule has 518 valence electrons. The Hall–Kier alpha value is -4.42. The molecule has 0 bridgehead atoms. The Kier molecular flexibility index (Phi) is 31.5. The third-order valence-corrected chi connectivity index (χ3v) is 27.7. The number of unbranched alkanes of at least 4 members (excludes halogenated alkanes) is 32. The minimum atomic E-state index is 0.143. The van der Waals surface area contributed by atoms with Gasteiger partial charge in [-0.1, -0.05) is 295 Å². The first-order chi connectivity index (χ1) is 47.4. The molecule has 2 atom stereocenters. The molecule has 4 nitrogen and oxygen atoms in total. The Bertz CT molecular complexity index is 3450. The average molecular weight is 1400 g/mol. The zero-order valence-corrected chi connectivity index (χ0v) is 64.3. The first-order valence-corrected chi connectivity index (χ1v) is 43.9. The molecule has 0 N–H and O–H groups in total. The van der Waals surface area contributed by atoms with Crippen LogP contribution in [0.25, 0.3) is 60.9 Å². The Labute approximate surface area is 604 Å². The van der Waals surface area contributed by atoms with Crippen molar-refractivity contribution in [3.8, 4) is 39.0 Å². The number of rotatable bonds is 50. The van der Waals surface area contributed by atoms with E-state index >= 15 is 9.59 Å². The third-order valence-electron chi connectivity index (χ3n) is 20.8. The van der Waals surface area contributed by atoms with Crippen molar-refractivity contribution in [2.75, 3.05) is 22.9 Å². The van der Waals surface area contributed by atoms with Crippen LogP contribution < -0.4 is 20.2 Å². The number of hydrogen-bond acceptors (Lipinski definition) is 8. The van der Waals surface area contributed by atoms with Crippen molar-refractivity contribution in [3.05, 3.63) is 128 Å². The van der Waals surface area contributed by atoms with E-state index in [0.717, 1.165) is 92.3 Å². The van der Waals surface area contributed by atoms with Gasteiger partial charge in [0.2, 0.25) is 0 Å². The van der Waals surface area contributed by atoms with Gasteiger partial charge >= 0.3 is 0 Å². The Morgan fingerprint density at radius 3 is 0.802 bits per heavy atom. The second-order valence-corrected chi connectivity index (χ2v) is 34.6. The molecule has 2 aliphatic rings. The molecule has 10 rings (SSSR count). The standard InChI is InChI=1S/C86H116N2O2S6/c1-5-9-13-17-21-25-27-31-35-39-45-65(43-37-33-29-23-19-15-11-7-3)63-87-83-67-49-52-70-82(80-60-58-78(96-80)76-56-54-74(94-76)72-48-42-62-92-72)86(90)88(64-66(44-38-34-30-24-20-16-12-8-4)46-40-36-32-28-26-22-18-14-10-6-2)84(70)68(67)50-51-69(83)81(85(87)89)79-59-57-77(95-79)75-55-53-73(93-75)71-47-41-61-91-71/h41-42,47-62,65-66H,5-40,43-46,63-64H2,1-4H3. The Morgan fingerprint density at radius 2 is 0.531 bits per heavy atom. The van der Waals surface area contributed by atoms with Crippen LogP contribution in [0.2, 0.25) is 0 Å². The highest BCUT2D eigenvalue weighted by atomic mass is 32.1. The molecule has 10 heteroatoms. The lowest BCUT2D eigenvalue weighted by molar-refractivity contribution is -0.114. The van der Waals surface area contributed by atoms with Gasteiger partial charge in [-0.25, -0.2) is 0 Å². The van der Waals surface area contributed by atoms with E-state index in [2.05, 4.69) is 145 Å². The van der Waals surface area contributed by atoms with Gasteiger partial charge in [-0.05, 0) is 109 Å². The monoisotopic (exact) mass is 1400 g/mol. The number of nitrogens with zero attached hydrogens (tertiary/aromatic N) is 2. The van der Waals surface area contributed by atoms with Gasteiger partial charge in [0.05, 0.1) is 22.5 Å². The van der Waals surface area contributed by atoms with Gasteiger partial charge < -0.3 is 9.80 Å². The van der Waals surface area contributed by atoms with E-state index in [1.54, 1.807) is 45.3 Å². The van der Waals surface area contributed by atoms with Crippen molar-refractivity contribution >= 4 is 113 Å². The quantitative estimate of drug-likeness (QED) is 0.0357. The zero-order chi connectivity index (χ0) is 66.5. The van der Waals surface area contributed by atoms with Gasteiger partial charge in [0, 0.05) is 83.1 Å². The van der Waals surface area contributed by atoms with Gasteiger partial charge in [0.1, 0.15) is 0 Å². The summed E-state index contributed by atoms with van der Waals surface area (Å²) in [5.74, 6) is 1.09. The fourth-order valence-electron chi connectivity index (χ4n) is 15.3. The number of benzene rings is 2. The van der Waals surface area contributed by atoms with E-state index in [-0.39, 0.29) is 11.8 Å². The molecule has 0 radical (unpaired) electrons. The van der Waals surface area contributed by atoms with Crippen molar-refractivity contribution in [2.45, 2.75) is 285 Å². The summed E-state index contributed by atoms with van der Waals surface area (Å²) in [6, 6.07) is 36.0. The molecule has 2 aliphatic heterocycles. The van der Waals surface area contributed by atoms with Gasteiger partial charge in [0.25, 0.3) is 11.8 Å². The second-order valence-electron chi connectivity index (χ2n) is 28.4. The van der Waals surface area contributed by atoms with Gasteiger partial charge in [0.15, 0.2) is 0 Å². The van der Waals surface area contributed by atoms with Crippen molar-refractivity contribution in [1.82, 2.24) is 0 Å². The number of amides is 2. The second kappa shape index (κ2) is 40.7. The summed E-state index contributed by atoms with van der Waals surface area (Å²) in [5.41, 5.74) is 3.80. The molecule has 2 amide bonds. The van der Waals surface area contributed by atoms with Crippen LogP contribution in [0.1, 0.15) is 294 Å². The summed E-state index contributed by atoms with van der Waals surface area (Å²) in [6.45, 7) is 10.7. The molecule has 0 saturated carbocycles. The zero-order valence-electron chi connectivity index (χ0n) is 59.4. The van der Waals surface area contributed by atoms with E-state index in [4.69, 9.17) is 0 Å². The molecule has 2 aromatic carbocycles. The lowest BCUT2D eigenvalue weighted by Crippen LogP contribution is -2.34. The maximum Gasteiger partial charge on any atom is 0.260 e. The fraction of sp³-hybridized carbons (Fsp3) is 0.558. The highest BCUT2D eigenvalue weighted by molar-refractivity contribution is 7.27. The average Bonchev–Trinajstić information content (AvgIpc) is 1.55. The van der Waals surface area contributed by atoms with Crippen LogP contribution in [-0.4, -0.2) is 24.9 Å². The van der Waals surface area contributed by atoms with Crippen molar-refractivity contribution < 1.29 is 9.59 Å². The number of fused-ring (bicyclic) bond motifs is 5. The molecular weight excluding hydrogens is 1290 g/mol. The van der Waals surface area contributed by atoms with Crippen LogP contribution in [-0.2, 0) is 9.59 Å². The topological polar surface area (TPSA) is 40.6 Å². The van der Waals surface area contributed by atoms with Crippen molar-refractivity contribution in [2.24, 2.45) is 11.8 Å². The number of anilines is 2. The van der Waals surface area contributed by atoms with Gasteiger partial charge in [-0.2, -0.15) is 0 Å². The van der Waals surface area contributed by atoms with E-state index in [1.807, 2.05) is 22.7 Å². The largest absolute Gasteiger partial charge is 0.307 e. The van der Waals surface area contributed by atoms with E-state index in [9.17, 15) is 0 Å². The molecule has 8 aromatic rings. The first kappa shape index (κ1) is 74.3. The first-order valence-electron chi connectivity index (χ1n) is 38.9. The Balaban J connectivity index is 1.02. The van der Waals surface area contributed by atoms with Crippen LogP contribution in [0.5, 0.6) is 0 Å². The highest BCUT2D eigenvalue weighted by Gasteiger charge is 2.38. The summed E-state index contributed by atoms with van der Waals surface area (Å²) in [4.78, 5) is 48.9. The highest BCUT2D eigenvalue weighted by Crippen LogP contribution is 2.46. The van der Waals surface area contributed by atoms with Crippen molar-refractivity contribution in [3.63, 3.8) is 0 Å². The van der Waals surface area contributed by atoms with Gasteiger partial charge in [-0.3, -0.25) is 9.59 Å². The predicted octanol–water partition coefficient (Wildman–Crippen LogP) is 27.9. The smallest absolute Gasteiger partial charge is 0.260 e. The lowest BCUT2D eigenvalue weighted by atomic mass is 9.92. The summed E-state index contributed by atoms with van der Waals surface area (Å²) in [7, 11) is 0. The number of carbonyl (C=O) groups excluding carboxylic acids is 2. The molecule has 0 fully saturated rings. The predicted molar refractivity (Wildman–Crippen MR) is 429 cm³/mol. The SMILES string of the molecule is CCCCCCCCCCCCC(CCCCCCCCCC)CN1C(=O)C(c2ccc(-c3ccc(-c4cccs4)s3)s2)=c2ccc3c4c(ccc3c21)=C(c1ccc(-c2ccc(-c3cccs3)s2)s1)C(=O)N4CC(CCCCCCCCCC)CCCCCCCCCCCC. The van der Waals surface area contributed by atoms with Crippen LogP contribution >= 0.6 is 68.0 Å². The number of hydrogen-bond donors (Lipinski definition) is 0. The molecule has 96 heavy (non-hydrogen) atoms. The molecule has 0 saturated heterocycles. The minimum absolute atomic E-state index is 0.143. The number of thiophene rings is 6. The summed E-state index contributed by atoms with van der Waals surface area (Å²) >= 11 is 10.8. The fourth-order valence-corrected chi connectivity index (χ4v) is 21.3. The normalized spacial score (nSPS) is 13.8. The van der Waals surface area contributed by atoms with E-state index in [1.165, 1.54) is 270 Å². The third kappa shape index (κ3) is 20.9. The van der Waals surface area contributed by atoms with E-state index in [0.29, 0.717) is 11.8 Å². The molecule has 2 unspecified atom stereocenters. The van der Waals surface area contributed by atoms with E-state index < -0.39 is 0 Å². The summed E-state index contributed by atoms with van der Waals surface area (Å²) in [5, 5.41) is 8.63. The lowest BCUT2D eigenvalue weighted by Gasteiger charge is -2.28. The molecule has 0 aliphatic carbocycles. The van der Waals surface area contributed by atoms with Crippen LogP contribution in [0, 0.1) is 11.8 Å². The minimum Gasteiger partial charge on any atom is -0.307 e. The molecular formula is C86H116N2O2S6. The molecule has 0 spiro atoms. The molecule has 6 aromatic heterocycles. The van der Waals surface area contributed by atoms with Crippen LogP contribution in [0.3, 0.4) is 0 Å². The maximum absolute atomic E-state index is 16.1. The maximum atomic E-state index is 16.1.